The van der Waals surface area contributed by atoms with Crippen molar-refractivity contribution in [3.8, 4) is 5.75 Å². The summed E-state index contributed by atoms with van der Waals surface area (Å²) >= 11 is 0. The second kappa shape index (κ2) is 9.53. The molecule has 2 N–H and O–H groups in total. The fraction of sp³-hybridized carbons (Fsp3) is 0.667. The highest BCUT2D eigenvalue weighted by Crippen LogP contribution is 2.26. The van der Waals surface area contributed by atoms with Crippen molar-refractivity contribution in [2.24, 2.45) is 5.92 Å². The van der Waals surface area contributed by atoms with Crippen LogP contribution in [0.4, 0.5) is 0 Å². The zero-order chi connectivity index (χ0) is 19.2. The van der Waals surface area contributed by atoms with Crippen molar-refractivity contribution in [3.63, 3.8) is 0 Å². The molecule has 0 amide bonds. The van der Waals surface area contributed by atoms with Gasteiger partial charge >= 0.3 is 5.97 Å². The van der Waals surface area contributed by atoms with Crippen LogP contribution in [0.2, 0.25) is 0 Å². The quantitative estimate of drug-likeness (QED) is 0.761. The molecule has 6 heteroatoms. The van der Waals surface area contributed by atoms with Crippen molar-refractivity contribution < 1.29 is 19.7 Å². The van der Waals surface area contributed by atoms with Crippen molar-refractivity contribution in [2.45, 2.75) is 51.8 Å². The van der Waals surface area contributed by atoms with Crippen LogP contribution in [0.3, 0.4) is 0 Å². The van der Waals surface area contributed by atoms with Gasteiger partial charge in [0.05, 0.1) is 19.1 Å². The lowest BCUT2D eigenvalue weighted by molar-refractivity contribution is -0.144. The van der Waals surface area contributed by atoms with E-state index in [4.69, 9.17) is 4.74 Å². The van der Waals surface area contributed by atoms with Crippen LogP contribution < -0.4 is 4.74 Å². The molecule has 0 bridgehead atoms. The van der Waals surface area contributed by atoms with Gasteiger partial charge < -0.3 is 14.9 Å². The SMILES string of the molecule is CCOc1ccc(CN2CCC(N3CCC[C@H](C(=O)O)C3)CC2)cc1CO. The van der Waals surface area contributed by atoms with Gasteiger partial charge in [-0.25, -0.2) is 0 Å². The third kappa shape index (κ3) is 5.21. The number of nitrogens with zero attached hydrogens (tertiary/aromatic N) is 2. The number of hydrogen-bond donors (Lipinski definition) is 2. The summed E-state index contributed by atoms with van der Waals surface area (Å²) in [6.45, 7) is 7.21. The van der Waals surface area contributed by atoms with Crippen LogP contribution in [-0.2, 0) is 17.9 Å². The minimum atomic E-state index is -0.646. The number of benzene rings is 1. The van der Waals surface area contributed by atoms with Crippen molar-refractivity contribution in [3.05, 3.63) is 29.3 Å². The number of carboxylic acids is 1. The molecule has 1 aromatic carbocycles. The lowest BCUT2D eigenvalue weighted by Gasteiger charge is -2.41. The molecule has 0 spiro atoms. The topological polar surface area (TPSA) is 73.2 Å². The van der Waals surface area contributed by atoms with Gasteiger partial charge in [-0.1, -0.05) is 6.07 Å². The number of aliphatic hydroxyl groups excluding tert-OH is 1. The number of rotatable bonds is 7. The van der Waals surface area contributed by atoms with Gasteiger partial charge in [0, 0.05) is 24.7 Å². The monoisotopic (exact) mass is 376 g/mol. The number of piperidine rings is 2. The van der Waals surface area contributed by atoms with E-state index in [1.54, 1.807) is 0 Å². The number of aliphatic hydroxyl groups is 1. The predicted molar refractivity (Wildman–Crippen MR) is 104 cm³/mol. The van der Waals surface area contributed by atoms with Crippen molar-refractivity contribution in [1.82, 2.24) is 9.80 Å². The molecule has 2 aliphatic rings. The molecule has 2 heterocycles. The summed E-state index contributed by atoms with van der Waals surface area (Å²) in [5.41, 5.74) is 2.04. The van der Waals surface area contributed by atoms with Gasteiger partial charge in [-0.05, 0) is 69.9 Å². The van der Waals surface area contributed by atoms with E-state index in [2.05, 4.69) is 15.9 Å². The minimum Gasteiger partial charge on any atom is -0.494 e. The van der Waals surface area contributed by atoms with Crippen LogP contribution in [0.15, 0.2) is 18.2 Å². The maximum atomic E-state index is 11.3. The van der Waals surface area contributed by atoms with E-state index < -0.39 is 5.97 Å². The summed E-state index contributed by atoms with van der Waals surface area (Å²) in [6, 6.07) is 6.59. The highest BCUT2D eigenvalue weighted by atomic mass is 16.5. The molecule has 0 unspecified atom stereocenters. The van der Waals surface area contributed by atoms with Crippen LogP contribution in [0.1, 0.15) is 43.7 Å². The first-order valence-electron chi connectivity index (χ1n) is 10.2. The largest absolute Gasteiger partial charge is 0.494 e. The van der Waals surface area contributed by atoms with Gasteiger partial charge in [-0.15, -0.1) is 0 Å². The Kier molecular flexibility index (Phi) is 7.10. The lowest BCUT2D eigenvalue weighted by atomic mass is 9.94. The normalized spacial score (nSPS) is 22.7. The summed E-state index contributed by atoms with van der Waals surface area (Å²) in [7, 11) is 0. The average molecular weight is 376 g/mol. The Morgan fingerprint density at radius 2 is 2.00 bits per heavy atom. The molecule has 2 saturated heterocycles. The van der Waals surface area contributed by atoms with E-state index in [9.17, 15) is 15.0 Å². The van der Waals surface area contributed by atoms with E-state index in [1.807, 2.05) is 19.1 Å². The number of aliphatic carboxylic acids is 1. The molecule has 1 aromatic rings. The first-order chi connectivity index (χ1) is 13.1. The van der Waals surface area contributed by atoms with E-state index >= 15 is 0 Å². The van der Waals surface area contributed by atoms with Crippen LogP contribution >= 0.6 is 0 Å². The average Bonchev–Trinajstić information content (AvgIpc) is 2.70. The fourth-order valence-electron chi connectivity index (χ4n) is 4.39. The third-order valence-electron chi connectivity index (χ3n) is 5.88. The van der Waals surface area contributed by atoms with Crippen molar-refractivity contribution >= 4 is 5.97 Å². The standard InChI is InChI=1S/C21H32N2O4/c1-2-27-20-6-5-16(12-18(20)15-24)13-22-10-7-19(8-11-22)23-9-3-4-17(14-23)21(25)26/h5-6,12,17,19,24H,2-4,7-11,13-15H2,1H3,(H,25,26)/t17-/m0/s1. The van der Waals surface area contributed by atoms with Crippen LogP contribution in [-0.4, -0.2) is 64.8 Å². The van der Waals surface area contributed by atoms with Crippen molar-refractivity contribution in [2.75, 3.05) is 32.8 Å². The molecule has 2 aliphatic heterocycles. The molecule has 27 heavy (non-hydrogen) atoms. The highest BCUT2D eigenvalue weighted by Gasteiger charge is 2.31. The maximum absolute atomic E-state index is 11.3. The van der Waals surface area contributed by atoms with E-state index in [-0.39, 0.29) is 12.5 Å². The summed E-state index contributed by atoms with van der Waals surface area (Å²) < 4.78 is 5.56. The predicted octanol–water partition coefficient (Wildman–Crippen LogP) is 2.34. The summed E-state index contributed by atoms with van der Waals surface area (Å²) in [6.07, 6.45) is 4.00. The molecule has 2 fully saturated rings. The number of carboxylic acid groups (broad SMARTS) is 1. The Morgan fingerprint density at radius 3 is 2.67 bits per heavy atom. The van der Waals surface area contributed by atoms with Gasteiger partial charge in [0.15, 0.2) is 0 Å². The summed E-state index contributed by atoms with van der Waals surface area (Å²) in [5, 5.41) is 18.9. The maximum Gasteiger partial charge on any atom is 0.307 e. The van der Waals surface area contributed by atoms with Gasteiger partial charge in [-0.2, -0.15) is 0 Å². The summed E-state index contributed by atoms with van der Waals surface area (Å²) in [4.78, 5) is 16.1. The second-order valence-electron chi connectivity index (χ2n) is 7.71. The number of hydrogen-bond acceptors (Lipinski definition) is 5. The van der Waals surface area contributed by atoms with E-state index in [0.29, 0.717) is 19.2 Å². The minimum absolute atomic E-state index is 0.00898. The Hall–Kier alpha value is -1.63. The number of likely N-dealkylation sites (tertiary alicyclic amines) is 2. The summed E-state index contributed by atoms with van der Waals surface area (Å²) in [5.74, 6) is -0.0783. The number of ether oxygens (including phenoxy) is 1. The Bertz CT molecular complexity index is 629. The van der Waals surface area contributed by atoms with Crippen molar-refractivity contribution in [1.29, 1.82) is 0 Å². The lowest BCUT2D eigenvalue weighted by Crippen LogP contribution is -2.49. The zero-order valence-corrected chi connectivity index (χ0v) is 16.3. The number of carbonyl (C=O) groups is 1. The molecule has 1 atom stereocenters. The van der Waals surface area contributed by atoms with Crippen LogP contribution in [0.5, 0.6) is 5.75 Å². The Labute approximate surface area is 161 Å². The molecule has 3 rings (SSSR count). The molecular formula is C21H32N2O4. The molecular weight excluding hydrogens is 344 g/mol. The van der Waals surface area contributed by atoms with Gasteiger partial charge in [0.1, 0.15) is 5.75 Å². The Balaban J connectivity index is 1.51. The molecule has 0 aromatic heterocycles. The fourth-order valence-corrected chi connectivity index (χ4v) is 4.39. The van der Waals surface area contributed by atoms with Gasteiger partial charge in [0.2, 0.25) is 0 Å². The second-order valence-corrected chi connectivity index (χ2v) is 7.71. The first kappa shape index (κ1) is 20.1. The highest BCUT2D eigenvalue weighted by molar-refractivity contribution is 5.70. The molecule has 0 radical (unpaired) electrons. The third-order valence-corrected chi connectivity index (χ3v) is 5.88. The molecule has 0 aliphatic carbocycles. The van der Waals surface area contributed by atoms with E-state index in [1.165, 1.54) is 5.56 Å². The zero-order valence-electron chi connectivity index (χ0n) is 16.3. The Morgan fingerprint density at radius 1 is 1.22 bits per heavy atom. The van der Waals surface area contributed by atoms with Crippen LogP contribution in [0, 0.1) is 5.92 Å². The molecule has 0 saturated carbocycles. The molecule has 6 nitrogen and oxygen atoms in total. The first-order valence-corrected chi connectivity index (χ1v) is 10.2. The molecule has 150 valence electrons. The van der Waals surface area contributed by atoms with Gasteiger partial charge in [0.25, 0.3) is 0 Å². The smallest absolute Gasteiger partial charge is 0.307 e. The van der Waals surface area contributed by atoms with Crippen LogP contribution in [0.25, 0.3) is 0 Å². The van der Waals surface area contributed by atoms with E-state index in [0.717, 1.165) is 63.2 Å². The van der Waals surface area contributed by atoms with Gasteiger partial charge in [-0.3, -0.25) is 14.6 Å².